The number of rotatable bonds is 1. The number of amides is 1. The number of allylic oxidation sites excluding steroid dienone is 3. The second-order valence-electron chi connectivity index (χ2n) is 2.06. The van der Waals surface area contributed by atoms with Gasteiger partial charge in [-0.15, -0.1) is 0 Å². The molecule has 1 atom stereocenters. The summed E-state index contributed by atoms with van der Waals surface area (Å²) in [6.07, 6.45) is 8.28. The fourth-order valence-electron chi connectivity index (χ4n) is 0.792. The van der Waals surface area contributed by atoms with Gasteiger partial charge in [-0.1, -0.05) is 24.3 Å². The van der Waals surface area contributed by atoms with Crippen LogP contribution in [0.5, 0.6) is 0 Å². The summed E-state index contributed by atoms with van der Waals surface area (Å²) in [4.78, 5) is 10.5. The summed E-state index contributed by atoms with van der Waals surface area (Å²) < 4.78 is 0. The third-order valence-corrected chi connectivity index (χ3v) is 1.35. The third-order valence-electron chi connectivity index (χ3n) is 1.35. The molecule has 0 fully saturated rings. The van der Waals surface area contributed by atoms with E-state index in [1.807, 2.05) is 24.3 Å². The van der Waals surface area contributed by atoms with Crippen molar-refractivity contribution in [1.82, 2.24) is 0 Å². The molecule has 1 amide bonds. The van der Waals surface area contributed by atoms with Crippen molar-refractivity contribution in [2.45, 2.75) is 6.42 Å². The molecule has 1 aliphatic rings. The van der Waals surface area contributed by atoms with E-state index in [4.69, 9.17) is 5.73 Å². The van der Waals surface area contributed by atoms with Crippen molar-refractivity contribution in [1.29, 1.82) is 0 Å². The van der Waals surface area contributed by atoms with Crippen LogP contribution in [0.2, 0.25) is 0 Å². The van der Waals surface area contributed by atoms with Gasteiger partial charge in [-0.3, -0.25) is 4.79 Å². The van der Waals surface area contributed by atoms with Crippen LogP contribution in [-0.2, 0) is 4.79 Å². The minimum absolute atomic E-state index is 0.0741. The molecule has 0 unspecified atom stereocenters. The van der Waals surface area contributed by atoms with Gasteiger partial charge in [-0.25, -0.2) is 0 Å². The predicted octanol–water partition coefficient (Wildman–Crippen LogP) is 0.604. The van der Waals surface area contributed by atoms with E-state index >= 15 is 0 Å². The monoisotopic (exact) mass is 123 g/mol. The molecular weight excluding hydrogens is 114 g/mol. The molecule has 0 radical (unpaired) electrons. The fraction of sp³-hybridized carbons (Fsp3) is 0.286. The quantitative estimate of drug-likeness (QED) is 0.545. The predicted molar refractivity (Wildman–Crippen MR) is 35.6 cm³/mol. The van der Waals surface area contributed by atoms with Crippen molar-refractivity contribution in [2.75, 3.05) is 0 Å². The van der Waals surface area contributed by atoms with Crippen LogP contribution < -0.4 is 5.73 Å². The van der Waals surface area contributed by atoms with Gasteiger partial charge in [0.15, 0.2) is 0 Å². The minimum atomic E-state index is -0.240. The van der Waals surface area contributed by atoms with Crippen molar-refractivity contribution in [3.63, 3.8) is 0 Å². The Bertz CT molecular complexity index is 170. The first-order valence-electron chi connectivity index (χ1n) is 2.93. The Morgan fingerprint density at radius 1 is 1.56 bits per heavy atom. The highest BCUT2D eigenvalue weighted by Crippen LogP contribution is 2.09. The zero-order chi connectivity index (χ0) is 6.69. The SMILES string of the molecule is NC(=O)[C@@H]1C=CC=CC1. The largest absolute Gasteiger partial charge is 0.369 e. The van der Waals surface area contributed by atoms with E-state index in [1.54, 1.807) is 0 Å². The molecule has 48 valence electrons. The van der Waals surface area contributed by atoms with Gasteiger partial charge in [-0.2, -0.15) is 0 Å². The number of hydrogen-bond donors (Lipinski definition) is 1. The van der Waals surface area contributed by atoms with Crippen LogP contribution >= 0.6 is 0 Å². The fourth-order valence-corrected chi connectivity index (χ4v) is 0.792. The van der Waals surface area contributed by atoms with Gasteiger partial charge < -0.3 is 5.73 Å². The first kappa shape index (κ1) is 6.08. The van der Waals surface area contributed by atoms with Gasteiger partial charge in [0, 0.05) is 0 Å². The molecule has 2 nitrogen and oxygen atoms in total. The Morgan fingerprint density at radius 3 is 2.67 bits per heavy atom. The molecular formula is C7H9NO. The van der Waals surface area contributed by atoms with Gasteiger partial charge in [0.25, 0.3) is 0 Å². The van der Waals surface area contributed by atoms with Gasteiger partial charge in [0.05, 0.1) is 5.92 Å². The van der Waals surface area contributed by atoms with E-state index in [2.05, 4.69) is 0 Å². The molecule has 2 N–H and O–H groups in total. The van der Waals surface area contributed by atoms with Gasteiger partial charge in [0.1, 0.15) is 0 Å². The summed E-state index contributed by atoms with van der Waals surface area (Å²) in [6.45, 7) is 0. The molecule has 0 bridgehead atoms. The van der Waals surface area contributed by atoms with Crippen LogP contribution in [0.1, 0.15) is 6.42 Å². The van der Waals surface area contributed by atoms with Crippen molar-refractivity contribution >= 4 is 5.91 Å². The summed E-state index contributed by atoms with van der Waals surface area (Å²) in [7, 11) is 0. The van der Waals surface area contributed by atoms with Crippen LogP contribution in [0, 0.1) is 5.92 Å². The second kappa shape index (κ2) is 2.49. The summed E-state index contributed by atoms with van der Waals surface area (Å²) in [5.41, 5.74) is 5.04. The van der Waals surface area contributed by atoms with Crippen LogP contribution in [0.15, 0.2) is 24.3 Å². The van der Waals surface area contributed by atoms with Gasteiger partial charge in [-0.05, 0) is 6.42 Å². The maximum atomic E-state index is 10.5. The Kier molecular flexibility index (Phi) is 1.68. The van der Waals surface area contributed by atoms with E-state index in [0.29, 0.717) is 0 Å². The number of nitrogens with two attached hydrogens (primary N) is 1. The molecule has 0 spiro atoms. The lowest BCUT2D eigenvalue weighted by Crippen LogP contribution is -2.21. The van der Waals surface area contributed by atoms with Gasteiger partial charge in [0.2, 0.25) is 5.91 Å². The molecule has 1 aliphatic carbocycles. The average molecular weight is 123 g/mol. The van der Waals surface area contributed by atoms with E-state index in [0.717, 1.165) is 6.42 Å². The molecule has 0 aromatic carbocycles. The van der Waals surface area contributed by atoms with Gasteiger partial charge >= 0.3 is 0 Å². The molecule has 0 heterocycles. The zero-order valence-electron chi connectivity index (χ0n) is 5.08. The van der Waals surface area contributed by atoms with Crippen molar-refractivity contribution in [3.05, 3.63) is 24.3 Å². The summed E-state index contributed by atoms with van der Waals surface area (Å²) in [5.74, 6) is -0.314. The first-order valence-corrected chi connectivity index (χ1v) is 2.93. The number of carbonyl (C=O) groups is 1. The Hall–Kier alpha value is -1.05. The van der Waals surface area contributed by atoms with Crippen molar-refractivity contribution in [3.8, 4) is 0 Å². The highest BCUT2D eigenvalue weighted by molar-refractivity contribution is 5.78. The highest BCUT2D eigenvalue weighted by Gasteiger charge is 2.09. The molecule has 0 aliphatic heterocycles. The Morgan fingerprint density at radius 2 is 2.33 bits per heavy atom. The standard InChI is InChI=1S/C7H9NO/c8-7(9)6-4-2-1-3-5-6/h1-4,6H,5H2,(H2,8,9)/t6-/m1/s1. The maximum Gasteiger partial charge on any atom is 0.224 e. The normalized spacial score (nSPS) is 24.2. The topological polar surface area (TPSA) is 43.1 Å². The summed E-state index contributed by atoms with van der Waals surface area (Å²) >= 11 is 0. The number of carbonyl (C=O) groups excluding carboxylic acids is 1. The molecule has 0 saturated carbocycles. The van der Waals surface area contributed by atoms with E-state index in [-0.39, 0.29) is 11.8 Å². The van der Waals surface area contributed by atoms with Crippen molar-refractivity contribution in [2.24, 2.45) is 11.7 Å². The molecule has 0 aromatic heterocycles. The molecule has 9 heavy (non-hydrogen) atoms. The average Bonchev–Trinajstić information content (AvgIpc) is 1.90. The number of primary amides is 1. The van der Waals surface area contributed by atoms with E-state index < -0.39 is 0 Å². The Labute approximate surface area is 54.0 Å². The lowest BCUT2D eigenvalue weighted by atomic mass is 10.0. The van der Waals surface area contributed by atoms with Crippen LogP contribution in [0.3, 0.4) is 0 Å². The minimum Gasteiger partial charge on any atom is -0.369 e. The summed E-state index contributed by atoms with van der Waals surface area (Å²) in [6, 6.07) is 0. The lowest BCUT2D eigenvalue weighted by Gasteiger charge is -2.06. The van der Waals surface area contributed by atoms with Crippen LogP contribution in [-0.4, -0.2) is 5.91 Å². The molecule has 0 aromatic rings. The highest BCUT2D eigenvalue weighted by atomic mass is 16.1. The second-order valence-corrected chi connectivity index (χ2v) is 2.06. The van der Waals surface area contributed by atoms with Crippen LogP contribution in [0.25, 0.3) is 0 Å². The molecule has 1 rings (SSSR count). The molecule has 0 saturated heterocycles. The zero-order valence-corrected chi connectivity index (χ0v) is 5.08. The maximum absolute atomic E-state index is 10.5. The first-order chi connectivity index (χ1) is 4.30. The van der Waals surface area contributed by atoms with Crippen molar-refractivity contribution < 1.29 is 4.79 Å². The summed E-state index contributed by atoms with van der Waals surface area (Å²) in [5, 5.41) is 0. The number of hydrogen-bond acceptors (Lipinski definition) is 1. The van der Waals surface area contributed by atoms with E-state index in [1.165, 1.54) is 0 Å². The third kappa shape index (κ3) is 1.42. The lowest BCUT2D eigenvalue weighted by molar-refractivity contribution is -0.120. The Balaban J connectivity index is 2.56. The molecule has 2 heteroatoms. The smallest absolute Gasteiger partial charge is 0.224 e. The van der Waals surface area contributed by atoms with Crippen LogP contribution in [0.4, 0.5) is 0 Å². The van der Waals surface area contributed by atoms with E-state index in [9.17, 15) is 4.79 Å².